The molecule has 1 aromatic carbocycles. The van der Waals surface area contributed by atoms with Gasteiger partial charge in [0.1, 0.15) is 5.82 Å². The van der Waals surface area contributed by atoms with Gasteiger partial charge in [0, 0.05) is 12.5 Å². The largest absolute Gasteiger partial charge is 0.353 e. The Morgan fingerprint density at radius 2 is 1.95 bits per heavy atom. The number of aryl methyl sites for hydroxylation is 1. The highest BCUT2D eigenvalue weighted by Crippen LogP contribution is 2.23. The Morgan fingerprint density at radius 1 is 1.25 bits per heavy atom. The van der Waals surface area contributed by atoms with Crippen molar-refractivity contribution in [2.24, 2.45) is 11.7 Å². The highest BCUT2D eigenvalue weighted by atomic mass is 19.1. The second kappa shape index (κ2) is 7.39. The second-order valence-corrected chi connectivity index (χ2v) is 5.58. The third-order valence-corrected chi connectivity index (χ3v) is 4.11. The monoisotopic (exact) mass is 278 g/mol. The molecular weight excluding hydrogens is 255 g/mol. The molecule has 110 valence electrons. The summed E-state index contributed by atoms with van der Waals surface area (Å²) in [5.74, 6) is 0.240. The molecule has 2 unspecified atom stereocenters. The summed E-state index contributed by atoms with van der Waals surface area (Å²) in [6, 6.07) is 6.55. The number of nitrogens with one attached hydrogen (secondary N) is 1. The average Bonchev–Trinajstić information content (AvgIpc) is 2.47. The molecule has 1 saturated carbocycles. The van der Waals surface area contributed by atoms with E-state index in [4.69, 9.17) is 5.73 Å². The van der Waals surface area contributed by atoms with Crippen LogP contribution >= 0.6 is 0 Å². The van der Waals surface area contributed by atoms with Crippen molar-refractivity contribution in [1.82, 2.24) is 5.32 Å². The fourth-order valence-electron chi connectivity index (χ4n) is 2.87. The van der Waals surface area contributed by atoms with Crippen LogP contribution in [0.2, 0.25) is 0 Å². The van der Waals surface area contributed by atoms with Crippen molar-refractivity contribution in [3.63, 3.8) is 0 Å². The summed E-state index contributed by atoms with van der Waals surface area (Å²) >= 11 is 0. The fourth-order valence-corrected chi connectivity index (χ4v) is 2.87. The molecule has 3 N–H and O–H groups in total. The van der Waals surface area contributed by atoms with Gasteiger partial charge in [0.25, 0.3) is 0 Å². The van der Waals surface area contributed by atoms with E-state index in [1.807, 2.05) is 0 Å². The van der Waals surface area contributed by atoms with E-state index < -0.39 is 0 Å². The number of rotatable bonds is 5. The van der Waals surface area contributed by atoms with Crippen LogP contribution in [0.1, 0.15) is 37.7 Å². The van der Waals surface area contributed by atoms with Crippen LogP contribution in [0.3, 0.4) is 0 Å². The number of halogens is 1. The molecule has 2 atom stereocenters. The minimum Gasteiger partial charge on any atom is -0.353 e. The van der Waals surface area contributed by atoms with Crippen molar-refractivity contribution in [3.8, 4) is 0 Å². The van der Waals surface area contributed by atoms with E-state index >= 15 is 0 Å². The lowest BCUT2D eigenvalue weighted by molar-refractivity contribution is -0.122. The van der Waals surface area contributed by atoms with Gasteiger partial charge in [-0.1, -0.05) is 25.0 Å². The molecular formula is C16H23FN2O. The predicted octanol–water partition coefficient (Wildman–Crippen LogP) is 2.39. The van der Waals surface area contributed by atoms with Gasteiger partial charge in [-0.2, -0.15) is 0 Å². The summed E-state index contributed by atoms with van der Waals surface area (Å²) in [4.78, 5) is 12.0. The summed E-state index contributed by atoms with van der Waals surface area (Å²) in [5, 5.41) is 3.11. The fraction of sp³-hybridized carbons (Fsp3) is 0.562. The lowest BCUT2D eigenvalue weighted by Gasteiger charge is -2.31. The molecule has 4 heteroatoms. The number of benzene rings is 1. The van der Waals surface area contributed by atoms with Crippen LogP contribution in [0.25, 0.3) is 0 Å². The Labute approximate surface area is 119 Å². The van der Waals surface area contributed by atoms with Crippen molar-refractivity contribution in [2.75, 3.05) is 6.54 Å². The van der Waals surface area contributed by atoms with Gasteiger partial charge in [0.15, 0.2) is 0 Å². The van der Waals surface area contributed by atoms with Crippen LogP contribution in [0.4, 0.5) is 4.39 Å². The molecule has 0 aliphatic heterocycles. The summed E-state index contributed by atoms with van der Waals surface area (Å²) in [7, 11) is 0. The van der Waals surface area contributed by atoms with Gasteiger partial charge in [0.2, 0.25) is 5.91 Å². The van der Waals surface area contributed by atoms with E-state index in [1.165, 1.54) is 25.0 Å². The summed E-state index contributed by atoms with van der Waals surface area (Å²) in [5.41, 5.74) is 6.75. The first-order valence-corrected chi connectivity index (χ1v) is 7.43. The van der Waals surface area contributed by atoms with Crippen molar-refractivity contribution in [3.05, 3.63) is 35.6 Å². The molecule has 0 heterocycles. The molecule has 20 heavy (non-hydrogen) atoms. The molecule has 0 radical (unpaired) electrons. The third kappa shape index (κ3) is 4.30. The lowest BCUT2D eigenvalue weighted by Crippen LogP contribution is -2.44. The van der Waals surface area contributed by atoms with E-state index in [0.717, 1.165) is 18.4 Å². The summed E-state index contributed by atoms with van der Waals surface area (Å²) in [6.07, 6.45) is 5.61. The molecule has 1 aliphatic rings. The number of hydrogen-bond donors (Lipinski definition) is 2. The lowest BCUT2D eigenvalue weighted by atomic mass is 9.84. The maximum atomic E-state index is 12.8. The van der Waals surface area contributed by atoms with Crippen molar-refractivity contribution in [1.29, 1.82) is 0 Å². The molecule has 1 aromatic rings. The minimum atomic E-state index is -0.244. The summed E-state index contributed by atoms with van der Waals surface area (Å²) in [6.45, 7) is 0.642. The Bertz CT molecular complexity index is 433. The normalized spacial score (nSPS) is 22.5. The second-order valence-electron chi connectivity index (χ2n) is 5.58. The van der Waals surface area contributed by atoms with Crippen LogP contribution in [-0.2, 0) is 11.2 Å². The molecule has 2 rings (SSSR count). The molecule has 0 bridgehead atoms. The standard InChI is InChI=1S/C16H23FN2O/c17-14-8-5-12(6-9-14)7-10-16(20)19-15-4-2-1-3-13(15)11-18/h5-6,8-9,13,15H,1-4,7,10-11,18H2,(H,19,20). The highest BCUT2D eigenvalue weighted by Gasteiger charge is 2.24. The molecule has 1 aliphatic carbocycles. The minimum absolute atomic E-state index is 0.0691. The van der Waals surface area contributed by atoms with E-state index in [9.17, 15) is 9.18 Å². The van der Waals surface area contributed by atoms with Crippen LogP contribution in [0, 0.1) is 11.7 Å². The van der Waals surface area contributed by atoms with Crippen LogP contribution in [0.15, 0.2) is 24.3 Å². The quantitative estimate of drug-likeness (QED) is 0.869. The van der Waals surface area contributed by atoms with Gasteiger partial charge in [-0.25, -0.2) is 4.39 Å². The number of nitrogens with two attached hydrogens (primary N) is 1. The highest BCUT2D eigenvalue weighted by molar-refractivity contribution is 5.76. The maximum Gasteiger partial charge on any atom is 0.220 e. The number of carbonyl (C=O) groups excluding carboxylic acids is 1. The van der Waals surface area contributed by atoms with Gasteiger partial charge in [0.05, 0.1) is 0 Å². The Morgan fingerprint density at radius 3 is 2.65 bits per heavy atom. The van der Waals surface area contributed by atoms with Crippen LogP contribution < -0.4 is 11.1 Å². The molecule has 0 spiro atoms. The molecule has 0 aromatic heterocycles. The van der Waals surface area contributed by atoms with E-state index in [1.54, 1.807) is 12.1 Å². The third-order valence-electron chi connectivity index (χ3n) is 4.11. The van der Waals surface area contributed by atoms with Gasteiger partial charge in [-0.3, -0.25) is 4.79 Å². The summed E-state index contributed by atoms with van der Waals surface area (Å²) < 4.78 is 12.8. The van der Waals surface area contributed by atoms with Crippen LogP contribution in [-0.4, -0.2) is 18.5 Å². The van der Waals surface area contributed by atoms with Crippen molar-refractivity contribution >= 4 is 5.91 Å². The van der Waals surface area contributed by atoms with E-state index in [2.05, 4.69) is 5.32 Å². The predicted molar refractivity (Wildman–Crippen MR) is 77.7 cm³/mol. The van der Waals surface area contributed by atoms with Gasteiger partial charge in [-0.15, -0.1) is 0 Å². The topological polar surface area (TPSA) is 55.1 Å². The Balaban J connectivity index is 1.78. The van der Waals surface area contributed by atoms with Gasteiger partial charge in [-0.05, 0) is 49.4 Å². The molecule has 3 nitrogen and oxygen atoms in total. The first-order chi connectivity index (χ1) is 9.69. The molecule has 1 amide bonds. The zero-order chi connectivity index (χ0) is 14.4. The average molecular weight is 278 g/mol. The zero-order valence-corrected chi connectivity index (χ0v) is 11.8. The first-order valence-electron chi connectivity index (χ1n) is 7.43. The number of hydrogen-bond acceptors (Lipinski definition) is 2. The number of carbonyl (C=O) groups is 1. The van der Waals surface area contributed by atoms with Crippen molar-refractivity contribution in [2.45, 2.75) is 44.6 Å². The van der Waals surface area contributed by atoms with E-state index in [-0.39, 0.29) is 17.8 Å². The zero-order valence-electron chi connectivity index (χ0n) is 11.8. The van der Waals surface area contributed by atoms with Gasteiger partial charge < -0.3 is 11.1 Å². The van der Waals surface area contributed by atoms with Crippen LogP contribution in [0.5, 0.6) is 0 Å². The SMILES string of the molecule is NCC1CCCCC1NC(=O)CCc1ccc(F)cc1. The Kier molecular flexibility index (Phi) is 5.53. The van der Waals surface area contributed by atoms with Crippen molar-refractivity contribution < 1.29 is 9.18 Å². The Hall–Kier alpha value is -1.42. The van der Waals surface area contributed by atoms with E-state index in [0.29, 0.717) is 25.3 Å². The molecule has 0 saturated heterocycles. The number of amides is 1. The first kappa shape index (κ1) is 15.0. The van der Waals surface area contributed by atoms with Gasteiger partial charge >= 0.3 is 0 Å². The maximum absolute atomic E-state index is 12.8. The molecule has 1 fully saturated rings. The smallest absolute Gasteiger partial charge is 0.220 e.